The van der Waals surface area contributed by atoms with E-state index in [2.05, 4.69) is 0 Å². The van der Waals surface area contributed by atoms with Crippen molar-refractivity contribution in [2.75, 3.05) is 5.73 Å². The topological polar surface area (TPSA) is 60.2 Å². The van der Waals surface area contributed by atoms with Gasteiger partial charge in [-0.1, -0.05) is 0 Å². The van der Waals surface area contributed by atoms with Crippen molar-refractivity contribution in [3.05, 3.63) is 23.3 Å². The van der Waals surface area contributed by atoms with E-state index in [9.17, 15) is 12.3 Å². The van der Waals surface area contributed by atoms with E-state index in [-0.39, 0.29) is 5.69 Å². The molecule has 0 heterocycles. The van der Waals surface area contributed by atoms with Crippen molar-refractivity contribution in [3.63, 3.8) is 0 Å². The third-order valence-corrected chi connectivity index (χ3v) is 2.77. The van der Waals surface area contributed by atoms with Gasteiger partial charge in [-0.3, -0.25) is 0 Å². The molecule has 2 N–H and O–H groups in total. The Labute approximate surface area is 76.6 Å². The van der Waals surface area contributed by atoms with Gasteiger partial charge in [0.25, 0.3) is 0 Å². The van der Waals surface area contributed by atoms with Crippen molar-refractivity contribution >= 4 is 15.9 Å². The summed E-state index contributed by atoms with van der Waals surface area (Å²) in [5, 5.41) is 0. The van der Waals surface area contributed by atoms with E-state index >= 15 is 0 Å². The highest BCUT2D eigenvalue weighted by molar-refractivity contribution is 7.86. The molecule has 5 heteroatoms. The van der Waals surface area contributed by atoms with Crippen molar-refractivity contribution < 1.29 is 12.3 Å². The molecule has 0 atom stereocenters. The molecule has 0 bridgehead atoms. The van der Waals surface area contributed by atoms with Gasteiger partial charge in [-0.05, 0) is 37.1 Å². The summed E-state index contributed by atoms with van der Waals surface area (Å²) in [6, 6.07) is 2.68. The van der Waals surface area contributed by atoms with Gasteiger partial charge >= 0.3 is 10.2 Å². The predicted molar refractivity (Wildman–Crippen MR) is 48.6 cm³/mol. The maximum Gasteiger partial charge on any atom is 0.334 e. The van der Waals surface area contributed by atoms with E-state index in [1.807, 2.05) is 0 Å². The molecule has 1 aromatic rings. The van der Waals surface area contributed by atoms with Gasteiger partial charge < -0.3 is 5.73 Å². The summed E-state index contributed by atoms with van der Waals surface area (Å²) in [4.78, 5) is -0.449. The second kappa shape index (κ2) is 2.99. The predicted octanol–water partition coefficient (Wildman–Crippen LogP) is 1.54. The Morgan fingerprint density at radius 2 is 1.69 bits per heavy atom. The zero-order valence-corrected chi connectivity index (χ0v) is 8.15. The van der Waals surface area contributed by atoms with Crippen molar-refractivity contribution in [1.82, 2.24) is 0 Å². The van der Waals surface area contributed by atoms with E-state index in [0.717, 1.165) is 5.56 Å². The number of anilines is 1. The summed E-state index contributed by atoms with van der Waals surface area (Å²) in [5.41, 5.74) is 6.84. The molecule has 3 nitrogen and oxygen atoms in total. The Morgan fingerprint density at radius 3 is 2.15 bits per heavy atom. The number of halogens is 1. The largest absolute Gasteiger partial charge is 0.398 e. The van der Waals surface area contributed by atoms with Gasteiger partial charge in [-0.15, -0.1) is 3.89 Å². The minimum absolute atomic E-state index is 0.0504. The molecular formula is C8H10FNO2S. The summed E-state index contributed by atoms with van der Waals surface area (Å²) in [7, 11) is -4.70. The Bertz CT molecular complexity index is 440. The highest BCUT2D eigenvalue weighted by Crippen LogP contribution is 2.23. The highest BCUT2D eigenvalue weighted by Gasteiger charge is 2.16. The molecule has 72 valence electrons. The molecule has 0 aliphatic rings. The number of hydrogen-bond donors (Lipinski definition) is 1. The first-order valence-electron chi connectivity index (χ1n) is 3.64. The number of aryl methyl sites for hydroxylation is 2. The summed E-state index contributed by atoms with van der Waals surface area (Å²) in [6.45, 7) is 3.48. The Kier molecular flexibility index (Phi) is 2.30. The number of nitrogens with two attached hydrogens (primary N) is 1. The standard InChI is InChI=1S/C8H10FNO2S/c1-5-3-7(10)8(4-6(5)2)13(9,11)12/h3-4H,10H2,1-2H3. The lowest BCUT2D eigenvalue weighted by Gasteiger charge is -2.05. The monoisotopic (exact) mass is 203 g/mol. The van der Waals surface area contributed by atoms with Crippen LogP contribution in [0.4, 0.5) is 9.57 Å². The van der Waals surface area contributed by atoms with E-state index in [4.69, 9.17) is 5.73 Å². The van der Waals surface area contributed by atoms with Crippen molar-refractivity contribution in [2.45, 2.75) is 18.7 Å². The summed E-state index contributed by atoms with van der Waals surface area (Å²) >= 11 is 0. The Morgan fingerprint density at radius 1 is 1.23 bits per heavy atom. The zero-order chi connectivity index (χ0) is 10.2. The molecule has 0 aliphatic heterocycles. The fraction of sp³-hybridized carbons (Fsp3) is 0.250. The van der Waals surface area contributed by atoms with Crippen LogP contribution in [0.2, 0.25) is 0 Å². The van der Waals surface area contributed by atoms with Crippen LogP contribution < -0.4 is 5.73 Å². The average molecular weight is 203 g/mol. The number of rotatable bonds is 1. The van der Waals surface area contributed by atoms with Crippen LogP contribution >= 0.6 is 0 Å². The quantitative estimate of drug-likeness (QED) is 0.556. The number of benzene rings is 1. The Balaban J connectivity index is 3.50. The molecule has 0 radical (unpaired) electrons. The fourth-order valence-electron chi connectivity index (χ4n) is 1.02. The van der Waals surface area contributed by atoms with Crippen molar-refractivity contribution in [2.24, 2.45) is 0 Å². The summed E-state index contributed by atoms with van der Waals surface area (Å²) in [6.07, 6.45) is 0. The van der Waals surface area contributed by atoms with Gasteiger partial charge in [0.05, 0.1) is 5.69 Å². The molecule has 0 aromatic heterocycles. The van der Waals surface area contributed by atoms with Crippen LogP contribution in [0.3, 0.4) is 0 Å². The third-order valence-electron chi connectivity index (χ3n) is 1.89. The SMILES string of the molecule is Cc1cc(N)c(S(=O)(=O)F)cc1C. The molecule has 0 amide bonds. The van der Waals surface area contributed by atoms with Crippen LogP contribution in [0, 0.1) is 13.8 Å². The summed E-state index contributed by atoms with van der Waals surface area (Å²) < 4.78 is 33.7. The molecule has 0 saturated heterocycles. The molecule has 0 unspecified atom stereocenters. The van der Waals surface area contributed by atoms with Crippen LogP contribution in [0.15, 0.2) is 17.0 Å². The lowest BCUT2D eigenvalue weighted by Crippen LogP contribution is -2.00. The zero-order valence-electron chi connectivity index (χ0n) is 7.33. The smallest absolute Gasteiger partial charge is 0.334 e. The van der Waals surface area contributed by atoms with Crippen LogP contribution in [-0.4, -0.2) is 8.42 Å². The van der Waals surface area contributed by atoms with E-state index in [1.165, 1.54) is 12.1 Å². The van der Waals surface area contributed by atoms with Crippen LogP contribution in [0.1, 0.15) is 11.1 Å². The van der Waals surface area contributed by atoms with Gasteiger partial charge in [-0.2, -0.15) is 8.42 Å². The molecule has 1 rings (SSSR count). The van der Waals surface area contributed by atoms with Crippen LogP contribution in [0.5, 0.6) is 0 Å². The molecule has 0 aliphatic carbocycles. The van der Waals surface area contributed by atoms with E-state index < -0.39 is 15.1 Å². The molecule has 0 spiro atoms. The minimum atomic E-state index is -4.70. The van der Waals surface area contributed by atoms with Crippen molar-refractivity contribution in [3.8, 4) is 0 Å². The minimum Gasteiger partial charge on any atom is -0.398 e. The normalized spacial score (nSPS) is 11.6. The number of hydrogen-bond acceptors (Lipinski definition) is 3. The van der Waals surface area contributed by atoms with Gasteiger partial charge in [0.1, 0.15) is 4.90 Å². The first-order valence-corrected chi connectivity index (χ1v) is 5.02. The van der Waals surface area contributed by atoms with Crippen LogP contribution in [0.25, 0.3) is 0 Å². The van der Waals surface area contributed by atoms with Crippen LogP contribution in [-0.2, 0) is 10.2 Å². The summed E-state index contributed by atoms with van der Waals surface area (Å²) in [5.74, 6) is 0. The maximum absolute atomic E-state index is 12.6. The van der Waals surface area contributed by atoms with E-state index in [1.54, 1.807) is 13.8 Å². The first-order chi connectivity index (χ1) is 5.82. The second-order valence-corrected chi connectivity index (χ2v) is 4.23. The lowest BCUT2D eigenvalue weighted by molar-refractivity contribution is 0.552. The molecule has 13 heavy (non-hydrogen) atoms. The highest BCUT2D eigenvalue weighted by atomic mass is 32.3. The number of nitrogen functional groups attached to an aromatic ring is 1. The van der Waals surface area contributed by atoms with E-state index in [0.29, 0.717) is 5.56 Å². The molecule has 1 aromatic carbocycles. The van der Waals surface area contributed by atoms with Gasteiger partial charge in [0.2, 0.25) is 0 Å². The Hall–Kier alpha value is -1.10. The first kappa shape index (κ1) is 9.98. The molecule has 0 saturated carbocycles. The van der Waals surface area contributed by atoms with Gasteiger partial charge in [-0.25, -0.2) is 0 Å². The average Bonchev–Trinajstić information content (AvgIpc) is 1.94. The molecular weight excluding hydrogens is 193 g/mol. The van der Waals surface area contributed by atoms with Crippen molar-refractivity contribution in [1.29, 1.82) is 0 Å². The van der Waals surface area contributed by atoms with Gasteiger partial charge in [0.15, 0.2) is 0 Å². The third kappa shape index (κ3) is 1.98. The second-order valence-electron chi connectivity index (χ2n) is 2.91. The maximum atomic E-state index is 12.6. The lowest BCUT2D eigenvalue weighted by atomic mass is 10.1. The van der Waals surface area contributed by atoms with Gasteiger partial charge in [0, 0.05) is 0 Å². The molecule has 0 fully saturated rings. The fourth-order valence-corrected chi connectivity index (χ4v) is 1.68.